The van der Waals surface area contributed by atoms with E-state index < -0.39 is 0 Å². The zero-order valence-electron chi connectivity index (χ0n) is 15.5. The molecule has 2 aromatic carbocycles. The Bertz CT molecular complexity index is 899. The molecule has 0 radical (unpaired) electrons. The molecule has 0 aromatic heterocycles. The maximum absolute atomic E-state index is 2.49. The van der Waals surface area contributed by atoms with Crippen molar-refractivity contribution in [3.63, 3.8) is 0 Å². The first-order valence-electron chi connectivity index (χ1n) is 9.53. The van der Waals surface area contributed by atoms with E-state index in [9.17, 15) is 0 Å². The number of fused-ring (bicyclic) bond motifs is 3. The third kappa shape index (κ3) is 3.45. The van der Waals surface area contributed by atoms with Crippen molar-refractivity contribution in [3.05, 3.63) is 82.4 Å². The Kier molecular flexibility index (Phi) is 6.57. The summed E-state index contributed by atoms with van der Waals surface area (Å²) in [5, 5.41) is 0. The summed E-state index contributed by atoms with van der Waals surface area (Å²) in [6.45, 7) is 2.49. The van der Waals surface area contributed by atoms with Crippen molar-refractivity contribution in [2.45, 2.75) is 41.6 Å². The van der Waals surface area contributed by atoms with Gasteiger partial charge in [0.15, 0.2) is 0 Å². The molecule has 0 saturated heterocycles. The van der Waals surface area contributed by atoms with Crippen molar-refractivity contribution >= 4 is 11.6 Å². The van der Waals surface area contributed by atoms with Crippen molar-refractivity contribution in [1.29, 1.82) is 0 Å². The Morgan fingerprint density at radius 2 is 1.67 bits per heavy atom. The molecule has 4 atom stereocenters. The summed E-state index contributed by atoms with van der Waals surface area (Å²) in [6, 6.07) is 18.1. The molecule has 137 valence electrons. The van der Waals surface area contributed by atoms with Crippen LogP contribution < -0.4 is 24.8 Å². The predicted octanol–water partition coefficient (Wildman–Crippen LogP) is 0.511. The smallest absolute Gasteiger partial charge is 1.00 e. The van der Waals surface area contributed by atoms with Gasteiger partial charge >= 0.3 is 166 Å². The summed E-state index contributed by atoms with van der Waals surface area (Å²) < 4.78 is 0.768. The summed E-state index contributed by atoms with van der Waals surface area (Å²) in [7, 11) is 0. The van der Waals surface area contributed by atoms with Gasteiger partial charge in [0.25, 0.3) is 0 Å². The number of benzene rings is 2. The van der Waals surface area contributed by atoms with Gasteiger partial charge in [-0.3, -0.25) is 0 Å². The minimum atomic E-state index is 0. The van der Waals surface area contributed by atoms with Crippen LogP contribution in [0.2, 0.25) is 3.63 Å². The van der Waals surface area contributed by atoms with E-state index in [0.29, 0.717) is 11.8 Å². The molecule has 0 bridgehead atoms. The molecule has 2 aromatic rings. The number of halogens is 2. The van der Waals surface area contributed by atoms with E-state index in [2.05, 4.69) is 67.6 Å². The maximum atomic E-state index is 2.49. The fourth-order valence-electron chi connectivity index (χ4n) is 5.08. The second-order valence-corrected chi connectivity index (χ2v) is 9.53. The van der Waals surface area contributed by atoms with E-state index in [0.717, 1.165) is 9.54 Å². The Balaban J connectivity index is 0.00000105. The Morgan fingerprint density at radius 3 is 2.41 bits per heavy atom. The number of hydrogen-bond acceptors (Lipinski definition) is 0. The van der Waals surface area contributed by atoms with E-state index in [1.807, 2.05) is 0 Å². The average Bonchev–Trinajstić information content (AvgIpc) is 3.11. The summed E-state index contributed by atoms with van der Waals surface area (Å²) in [5.74, 6) is 2.07. The van der Waals surface area contributed by atoms with Gasteiger partial charge in [-0.15, -0.1) is 0 Å². The summed E-state index contributed by atoms with van der Waals surface area (Å²) in [6.07, 6.45) is 8.74. The molecule has 4 unspecified atom stereocenters. The first-order chi connectivity index (χ1) is 12.2. The van der Waals surface area contributed by atoms with Gasteiger partial charge < -0.3 is 24.8 Å². The van der Waals surface area contributed by atoms with Crippen molar-refractivity contribution in [2.75, 3.05) is 0 Å². The maximum Gasteiger partial charge on any atom is -1.00 e. The van der Waals surface area contributed by atoms with E-state index in [4.69, 9.17) is 0 Å². The van der Waals surface area contributed by atoms with Crippen molar-refractivity contribution < 1.29 is 49.5 Å². The van der Waals surface area contributed by atoms with Crippen LogP contribution in [0.3, 0.4) is 0 Å². The quantitative estimate of drug-likeness (QED) is 0.607. The van der Waals surface area contributed by atoms with Gasteiger partial charge in [0.1, 0.15) is 0 Å². The van der Waals surface area contributed by atoms with Crippen LogP contribution in [-0.4, -0.2) is 0 Å². The molecular weight excluding hydrogens is 450 g/mol. The van der Waals surface area contributed by atoms with Gasteiger partial charge in [-0.05, 0) is 0 Å². The van der Waals surface area contributed by atoms with Crippen LogP contribution in [0.4, 0.5) is 0 Å². The first-order valence-corrected chi connectivity index (χ1v) is 11.0. The van der Waals surface area contributed by atoms with Gasteiger partial charge in [0.2, 0.25) is 0 Å². The number of allylic oxidation sites excluding steroid dienone is 3. The second-order valence-electron chi connectivity index (χ2n) is 7.90. The van der Waals surface area contributed by atoms with E-state index >= 15 is 0 Å². The van der Waals surface area contributed by atoms with E-state index in [-0.39, 0.29) is 24.8 Å². The first kappa shape index (κ1) is 21.1. The van der Waals surface area contributed by atoms with Crippen LogP contribution in [0.5, 0.6) is 0 Å². The molecule has 0 heterocycles. The molecule has 0 fully saturated rings. The Labute approximate surface area is 190 Å². The molecule has 3 heteroatoms. The molecule has 3 aliphatic rings. The van der Waals surface area contributed by atoms with Gasteiger partial charge in [-0.2, -0.15) is 0 Å². The monoisotopic (exact) mass is 471 g/mol. The summed E-state index contributed by atoms with van der Waals surface area (Å²) in [5.41, 5.74) is 9.60. The molecule has 0 amide bonds. The van der Waals surface area contributed by atoms with Crippen molar-refractivity contribution in [1.82, 2.24) is 0 Å². The number of rotatable bonds is 4. The molecule has 0 saturated carbocycles. The zero-order chi connectivity index (χ0) is 17.0. The van der Waals surface area contributed by atoms with Gasteiger partial charge in [-0.1, -0.05) is 0 Å². The average molecular weight is 474 g/mol. The zero-order valence-corrected chi connectivity index (χ0v) is 19.4. The molecule has 27 heavy (non-hydrogen) atoms. The Hall–Kier alpha value is -0.617. The van der Waals surface area contributed by atoms with Gasteiger partial charge in [0, 0.05) is 0 Å². The molecular formula is C24H23Cl2Zr. The standard InChI is InChI=1S/C24H23.2ClH.Zr/c1-16(14-18-11-10-17-6-2-3-7-19(17)18)15-24-21-9-5-4-8-20(21)22-12-13-23(22)24;;;/h2-11,14,16,18,24H,12-13,15H2,1H3;2*1H;/q;;;+2/p-2. The van der Waals surface area contributed by atoms with Crippen LogP contribution in [0.1, 0.15) is 60.3 Å². The van der Waals surface area contributed by atoms with Gasteiger partial charge in [0.05, 0.1) is 0 Å². The van der Waals surface area contributed by atoms with E-state index in [1.54, 1.807) is 52.6 Å². The molecule has 0 spiro atoms. The second kappa shape index (κ2) is 8.40. The molecule has 3 aliphatic carbocycles. The third-order valence-electron chi connectivity index (χ3n) is 6.56. The minimum Gasteiger partial charge on any atom is -1.00 e. The van der Waals surface area contributed by atoms with Crippen molar-refractivity contribution in [3.8, 4) is 0 Å². The van der Waals surface area contributed by atoms with Gasteiger partial charge in [-0.25, -0.2) is 0 Å². The van der Waals surface area contributed by atoms with Crippen LogP contribution in [0, 0.1) is 5.92 Å². The van der Waals surface area contributed by atoms with Crippen molar-refractivity contribution in [2.24, 2.45) is 5.92 Å². The normalized spacial score (nSPS) is 23.4. The Morgan fingerprint density at radius 1 is 0.963 bits per heavy atom. The topological polar surface area (TPSA) is 0 Å². The predicted molar refractivity (Wildman–Crippen MR) is 101 cm³/mol. The van der Waals surface area contributed by atoms with Crippen LogP contribution in [0.15, 0.2) is 60.2 Å². The fraction of sp³-hybridized carbons (Fsp3) is 0.333. The minimum absolute atomic E-state index is 0. The number of hydrogen-bond donors (Lipinski definition) is 0. The molecule has 0 aliphatic heterocycles. The molecule has 5 rings (SSSR count). The van der Waals surface area contributed by atoms with Crippen LogP contribution >= 0.6 is 0 Å². The largest absolute Gasteiger partial charge is 1.00 e. The summed E-state index contributed by atoms with van der Waals surface area (Å²) in [4.78, 5) is 0. The van der Waals surface area contributed by atoms with Crippen LogP contribution in [-0.2, 0) is 24.7 Å². The third-order valence-corrected chi connectivity index (χ3v) is 8.84. The molecule has 0 nitrogen and oxygen atoms in total. The fourth-order valence-corrected chi connectivity index (χ4v) is 6.13. The van der Waals surface area contributed by atoms with Crippen LogP contribution in [0.25, 0.3) is 11.6 Å². The SMILES string of the molecule is CC(CC1C2=C(CC2)c2ccccc21)[CH]([Zr+2])C1C=Cc2ccccc21.[Cl-].[Cl-]. The van der Waals surface area contributed by atoms with E-state index in [1.165, 1.54) is 24.8 Å². The molecule has 0 N–H and O–H groups in total. The summed E-state index contributed by atoms with van der Waals surface area (Å²) >= 11 is 1.68.